The average molecular weight is 304 g/mol. The van der Waals surface area contributed by atoms with Gasteiger partial charge in [-0.15, -0.1) is 0 Å². The number of rotatable bonds is 5. The Labute approximate surface area is 134 Å². The average Bonchev–Trinajstić information content (AvgIpc) is 2.94. The van der Waals surface area contributed by atoms with Crippen LogP contribution in [0.5, 0.6) is 5.75 Å². The number of guanidine groups is 1. The van der Waals surface area contributed by atoms with Crippen molar-refractivity contribution in [2.75, 3.05) is 41.3 Å². The summed E-state index contributed by atoms with van der Waals surface area (Å²) >= 11 is 0. The van der Waals surface area contributed by atoms with Crippen molar-refractivity contribution in [2.45, 2.75) is 25.4 Å². The maximum absolute atomic E-state index is 5.42. The first-order valence-corrected chi connectivity index (χ1v) is 7.89. The Morgan fingerprint density at radius 1 is 1.45 bits per heavy atom. The first-order chi connectivity index (χ1) is 10.7. The smallest absolute Gasteiger partial charge is 0.193 e. The van der Waals surface area contributed by atoms with Gasteiger partial charge in [0.1, 0.15) is 5.75 Å². The molecule has 1 atom stereocenters. The van der Waals surface area contributed by atoms with Crippen molar-refractivity contribution in [3.05, 3.63) is 29.8 Å². The summed E-state index contributed by atoms with van der Waals surface area (Å²) < 4.78 is 5.42. The molecular weight excluding hydrogens is 276 g/mol. The fourth-order valence-corrected chi connectivity index (χ4v) is 2.99. The van der Waals surface area contributed by atoms with Crippen LogP contribution in [0.25, 0.3) is 0 Å². The summed E-state index contributed by atoms with van der Waals surface area (Å²) in [6, 6.07) is 8.72. The molecule has 0 aromatic heterocycles. The van der Waals surface area contributed by atoms with Gasteiger partial charge in [-0.05, 0) is 32.5 Å². The Bertz CT molecular complexity index is 503. The molecule has 1 aromatic rings. The third-order valence-corrected chi connectivity index (χ3v) is 4.34. The van der Waals surface area contributed by atoms with Gasteiger partial charge in [0.05, 0.1) is 7.11 Å². The van der Waals surface area contributed by atoms with E-state index in [1.54, 1.807) is 7.11 Å². The Balaban J connectivity index is 1.92. The van der Waals surface area contributed by atoms with Gasteiger partial charge in [-0.2, -0.15) is 0 Å². The van der Waals surface area contributed by atoms with Gasteiger partial charge in [0.15, 0.2) is 5.96 Å². The van der Waals surface area contributed by atoms with E-state index in [4.69, 9.17) is 4.74 Å². The van der Waals surface area contributed by atoms with Crippen LogP contribution in [-0.2, 0) is 6.54 Å². The van der Waals surface area contributed by atoms with Gasteiger partial charge >= 0.3 is 0 Å². The number of para-hydroxylation sites is 1. The normalized spacial score (nSPS) is 19.3. The summed E-state index contributed by atoms with van der Waals surface area (Å²) in [7, 11) is 7.79. The highest BCUT2D eigenvalue weighted by Gasteiger charge is 2.21. The number of nitrogens with zero attached hydrogens (tertiary/aromatic N) is 3. The molecule has 1 saturated heterocycles. The van der Waals surface area contributed by atoms with Crippen LogP contribution in [0.1, 0.15) is 18.4 Å². The van der Waals surface area contributed by atoms with E-state index in [2.05, 4.69) is 40.3 Å². The fraction of sp³-hybridized carbons (Fsp3) is 0.588. The molecule has 5 nitrogen and oxygen atoms in total. The van der Waals surface area contributed by atoms with E-state index in [1.165, 1.54) is 19.4 Å². The van der Waals surface area contributed by atoms with Crippen LogP contribution in [0.15, 0.2) is 29.3 Å². The summed E-state index contributed by atoms with van der Waals surface area (Å²) in [4.78, 5) is 8.95. The van der Waals surface area contributed by atoms with Crippen LogP contribution in [-0.4, -0.2) is 63.1 Å². The van der Waals surface area contributed by atoms with Crippen molar-refractivity contribution >= 4 is 5.96 Å². The van der Waals surface area contributed by atoms with E-state index in [0.29, 0.717) is 6.04 Å². The van der Waals surface area contributed by atoms with Crippen molar-refractivity contribution in [1.82, 2.24) is 15.1 Å². The van der Waals surface area contributed by atoms with Gasteiger partial charge in [-0.3, -0.25) is 4.99 Å². The second-order valence-electron chi connectivity index (χ2n) is 5.87. The molecule has 2 rings (SSSR count). The van der Waals surface area contributed by atoms with E-state index in [-0.39, 0.29) is 0 Å². The number of aliphatic imine (C=N–C) groups is 1. The van der Waals surface area contributed by atoms with E-state index >= 15 is 0 Å². The molecule has 0 saturated carbocycles. The first-order valence-electron chi connectivity index (χ1n) is 7.89. The second-order valence-corrected chi connectivity index (χ2v) is 5.87. The SMILES string of the molecule is CN=C(NCC1CCCN1C)N(C)Cc1ccccc1OC. The lowest BCUT2D eigenvalue weighted by Crippen LogP contribution is -2.44. The van der Waals surface area contributed by atoms with Crippen molar-refractivity contribution in [3.63, 3.8) is 0 Å². The highest BCUT2D eigenvalue weighted by molar-refractivity contribution is 5.79. The number of likely N-dealkylation sites (tertiary alicyclic amines) is 1. The van der Waals surface area contributed by atoms with E-state index in [0.717, 1.165) is 30.4 Å². The predicted molar refractivity (Wildman–Crippen MR) is 91.5 cm³/mol. The van der Waals surface area contributed by atoms with E-state index in [1.807, 2.05) is 25.2 Å². The molecule has 22 heavy (non-hydrogen) atoms. The van der Waals surface area contributed by atoms with Gasteiger partial charge in [0, 0.05) is 38.8 Å². The molecule has 1 heterocycles. The summed E-state index contributed by atoms with van der Waals surface area (Å²) in [6.07, 6.45) is 2.55. The lowest BCUT2D eigenvalue weighted by Gasteiger charge is -2.26. The Morgan fingerprint density at radius 2 is 2.23 bits per heavy atom. The van der Waals surface area contributed by atoms with Crippen LogP contribution in [0.2, 0.25) is 0 Å². The number of ether oxygens (including phenoxy) is 1. The van der Waals surface area contributed by atoms with E-state index < -0.39 is 0 Å². The molecule has 1 aliphatic heterocycles. The standard InChI is InChI=1S/C17H28N4O/c1-18-17(19-12-15-9-7-11-20(15)2)21(3)13-14-8-5-6-10-16(14)22-4/h5-6,8,10,15H,7,9,11-13H2,1-4H3,(H,18,19). The molecule has 122 valence electrons. The third kappa shape index (κ3) is 4.13. The second kappa shape index (κ2) is 8.03. The summed E-state index contributed by atoms with van der Waals surface area (Å²) in [5.41, 5.74) is 1.16. The summed E-state index contributed by atoms with van der Waals surface area (Å²) in [5.74, 6) is 1.84. The molecule has 0 bridgehead atoms. The number of benzene rings is 1. The molecule has 1 fully saturated rings. The minimum absolute atomic E-state index is 0.608. The molecule has 5 heteroatoms. The Kier molecular flexibility index (Phi) is 6.07. The summed E-state index contributed by atoms with van der Waals surface area (Å²) in [6.45, 7) is 2.91. The zero-order valence-electron chi connectivity index (χ0n) is 14.2. The quantitative estimate of drug-likeness (QED) is 0.665. The number of hydrogen-bond acceptors (Lipinski definition) is 3. The zero-order valence-corrected chi connectivity index (χ0v) is 14.2. The predicted octanol–water partition coefficient (Wildman–Crippen LogP) is 1.80. The van der Waals surface area contributed by atoms with Gasteiger partial charge < -0.3 is 19.9 Å². The zero-order chi connectivity index (χ0) is 15.9. The van der Waals surface area contributed by atoms with Crippen LogP contribution < -0.4 is 10.1 Å². The van der Waals surface area contributed by atoms with Crippen molar-refractivity contribution in [2.24, 2.45) is 4.99 Å². The van der Waals surface area contributed by atoms with Crippen molar-refractivity contribution in [3.8, 4) is 5.75 Å². The maximum atomic E-state index is 5.42. The van der Waals surface area contributed by atoms with Crippen molar-refractivity contribution < 1.29 is 4.74 Å². The molecule has 1 aliphatic rings. The highest BCUT2D eigenvalue weighted by atomic mass is 16.5. The van der Waals surface area contributed by atoms with Gasteiger partial charge in [-0.25, -0.2) is 0 Å². The van der Waals surface area contributed by atoms with Crippen LogP contribution in [0.3, 0.4) is 0 Å². The molecule has 0 amide bonds. The lowest BCUT2D eigenvalue weighted by molar-refractivity contribution is 0.306. The summed E-state index contributed by atoms with van der Waals surface area (Å²) in [5, 5.41) is 3.49. The monoisotopic (exact) mass is 304 g/mol. The third-order valence-electron chi connectivity index (χ3n) is 4.34. The Hall–Kier alpha value is -1.75. The topological polar surface area (TPSA) is 40.1 Å². The van der Waals surface area contributed by atoms with Gasteiger partial charge in [-0.1, -0.05) is 18.2 Å². The fourth-order valence-electron chi connectivity index (χ4n) is 2.99. The van der Waals surface area contributed by atoms with Crippen LogP contribution in [0.4, 0.5) is 0 Å². The molecule has 1 aromatic carbocycles. The van der Waals surface area contributed by atoms with Gasteiger partial charge in [0.2, 0.25) is 0 Å². The van der Waals surface area contributed by atoms with E-state index in [9.17, 15) is 0 Å². The van der Waals surface area contributed by atoms with Crippen LogP contribution >= 0.6 is 0 Å². The number of methoxy groups -OCH3 is 1. The molecule has 0 spiro atoms. The minimum Gasteiger partial charge on any atom is -0.496 e. The number of nitrogens with one attached hydrogen (secondary N) is 1. The largest absolute Gasteiger partial charge is 0.496 e. The number of hydrogen-bond donors (Lipinski definition) is 1. The van der Waals surface area contributed by atoms with Crippen LogP contribution in [0, 0.1) is 0 Å². The molecule has 1 unspecified atom stereocenters. The molecule has 1 N–H and O–H groups in total. The lowest BCUT2D eigenvalue weighted by atomic mass is 10.2. The Morgan fingerprint density at radius 3 is 2.86 bits per heavy atom. The maximum Gasteiger partial charge on any atom is 0.193 e. The number of likely N-dealkylation sites (N-methyl/N-ethyl adjacent to an activating group) is 1. The molecule has 0 aliphatic carbocycles. The molecule has 0 radical (unpaired) electrons. The van der Waals surface area contributed by atoms with Crippen molar-refractivity contribution in [1.29, 1.82) is 0 Å². The minimum atomic E-state index is 0.608. The highest BCUT2D eigenvalue weighted by Crippen LogP contribution is 2.19. The molecular formula is C17H28N4O. The van der Waals surface area contributed by atoms with Gasteiger partial charge in [0.25, 0.3) is 0 Å². The first kappa shape index (κ1) is 16.6.